The Morgan fingerprint density at radius 2 is 1.70 bits per heavy atom. The third kappa shape index (κ3) is 2.78. The Morgan fingerprint density at radius 3 is 2.47 bits per heavy atom. The van der Waals surface area contributed by atoms with Gasteiger partial charge in [-0.25, -0.2) is 0 Å². The topological polar surface area (TPSA) is 73.4 Å². The molecule has 1 aliphatic rings. The zero-order chi connectivity index (χ0) is 20.8. The molecule has 1 aromatic heterocycles. The molecule has 2 N–H and O–H groups in total. The van der Waals surface area contributed by atoms with Crippen LogP contribution < -0.4 is 0 Å². The summed E-state index contributed by atoms with van der Waals surface area (Å²) in [6.07, 6.45) is 0. The van der Waals surface area contributed by atoms with E-state index >= 15 is 0 Å². The number of rotatable bonds is 4. The fraction of sp³-hybridized carbons (Fsp3) is 0.120. The highest BCUT2D eigenvalue weighted by Gasteiger charge is 2.40. The van der Waals surface area contributed by atoms with Crippen LogP contribution in [0.1, 0.15) is 33.1 Å². The summed E-state index contributed by atoms with van der Waals surface area (Å²) < 4.78 is 0. The molecule has 1 unspecified atom stereocenters. The fourth-order valence-corrected chi connectivity index (χ4v) is 4.39. The monoisotopic (exact) mass is 396 g/mol. The van der Waals surface area contributed by atoms with Crippen molar-refractivity contribution in [3.63, 3.8) is 0 Å². The average Bonchev–Trinajstić information content (AvgIpc) is 3.24. The van der Waals surface area contributed by atoms with E-state index in [1.807, 2.05) is 73.7 Å². The van der Waals surface area contributed by atoms with Crippen LogP contribution in [0.5, 0.6) is 0 Å². The molecule has 0 fully saturated rings. The number of H-pyrrole nitrogens is 1. The maximum Gasteiger partial charge on any atom is 0.323 e. The second-order valence-electron chi connectivity index (χ2n) is 7.64. The number of para-hydroxylation sites is 1. The van der Waals surface area contributed by atoms with Crippen LogP contribution in [0, 0.1) is 6.92 Å². The van der Waals surface area contributed by atoms with Crippen LogP contribution in [0.2, 0.25) is 0 Å². The van der Waals surface area contributed by atoms with Gasteiger partial charge < -0.3 is 15.0 Å². The van der Waals surface area contributed by atoms with Gasteiger partial charge in [0.2, 0.25) is 0 Å². The molecule has 0 radical (unpaired) electrons. The van der Waals surface area contributed by atoms with Crippen molar-refractivity contribution >= 4 is 22.8 Å². The first kappa shape index (κ1) is 18.2. The van der Waals surface area contributed by atoms with Crippen molar-refractivity contribution in [3.8, 4) is 11.3 Å². The number of aliphatic carboxylic acids is 1. The number of carboxylic acids is 1. The van der Waals surface area contributed by atoms with Crippen molar-refractivity contribution < 1.29 is 14.7 Å². The number of aromatic amines is 1. The molecule has 0 saturated carbocycles. The average molecular weight is 396 g/mol. The Kier molecular flexibility index (Phi) is 4.17. The summed E-state index contributed by atoms with van der Waals surface area (Å²) in [5, 5.41) is 10.5. The minimum absolute atomic E-state index is 0.252. The summed E-state index contributed by atoms with van der Waals surface area (Å²) in [5.41, 5.74) is 6.33. The van der Waals surface area contributed by atoms with E-state index in [1.54, 1.807) is 6.07 Å². The SMILES string of the molecule is Cc1ccc(-c2[nH]c3ccccc3c2C2c3ccccc3C(=O)N2CC(=O)O)cc1. The highest BCUT2D eigenvalue weighted by atomic mass is 16.4. The Morgan fingerprint density at radius 1 is 1.00 bits per heavy atom. The Hall–Kier alpha value is -3.86. The van der Waals surface area contributed by atoms with Crippen LogP contribution in [-0.2, 0) is 4.79 Å². The minimum atomic E-state index is -1.03. The molecule has 1 atom stereocenters. The molecule has 148 valence electrons. The van der Waals surface area contributed by atoms with Gasteiger partial charge in [0.15, 0.2) is 0 Å². The van der Waals surface area contributed by atoms with E-state index in [-0.39, 0.29) is 12.5 Å². The number of hydrogen-bond donors (Lipinski definition) is 2. The number of aryl methyl sites for hydroxylation is 1. The molecule has 1 aliphatic heterocycles. The number of aromatic nitrogens is 1. The molecule has 0 aliphatic carbocycles. The molecule has 0 spiro atoms. The number of amides is 1. The smallest absolute Gasteiger partial charge is 0.323 e. The predicted molar refractivity (Wildman–Crippen MR) is 115 cm³/mol. The van der Waals surface area contributed by atoms with E-state index < -0.39 is 12.0 Å². The maximum absolute atomic E-state index is 13.1. The second-order valence-corrected chi connectivity index (χ2v) is 7.64. The van der Waals surface area contributed by atoms with Gasteiger partial charge in [-0.2, -0.15) is 0 Å². The van der Waals surface area contributed by atoms with Crippen molar-refractivity contribution in [2.24, 2.45) is 0 Å². The quantitative estimate of drug-likeness (QED) is 0.522. The van der Waals surface area contributed by atoms with Crippen LogP contribution in [0.15, 0.2) is 72.8 Å². The lowest BCUT2D eigenvalue weighted by atomic mass is 9.93. The van der Waals surface area contributed by atoms with Crippen molar-refractivity contribution in [1.29, 1.82) is 0 Å². The normalized spacial score (nSPS) is 15.6. The first-order valence-electron chi connectivity index (χ1n) is 9.84. The van der Waals surface area contributed by atoms with E-state index in [4.69, 9.17) is 0 Å². The van der Waals surface area contributed by atoms with Crippen LogP contribution in [0.4, 0.5) is 0 Å². The highest BCUT2D eigenvalue weighted by Crippen LogP contribution is 2.45. The Labute approximate surface area is 173 Å². The van der Waals surface area contributed by atoms with Crippen molar-refractivity contribution in [1.82, 2.24) is 9.88 Å². The van der Waals surface area contributed by atoms with E-state index in [9.17, 15) is 14.7 Å². The van der Waals surface area contributed by atoms with Gasteiger partial charge in [-0.1, -0.05) is 66.2 Å². The molecule has 0 saturated heterocycles. The lowest BCUT2D eigenvalue weighted by Gasteiger charge is -2.25. The number of carbonyl (C=O) groups excluding carboxylic acids is 1. The molecule has 0 bridgehead atoms. The van der Waals surface area contributed by atoms with Crippen LogP contribution in [0.25, 0.3) is 22.2 Å². The van der Waals surface area contributed by atoms with E-state index in [0.717, 1.165) is 38.9 Å². The summed E-state index contributed by atoms with van der Waals surface area (Å²) in [5.74, 6) is -1.28. The lowest BCUT2D eigenvalue weighted by Crippen LogP contribution is -2.34. The molecule has 5 rings (SSSR count). The zero-order valence-electron chi connectivity index (χ0n) is 16.4. The Balaban J connectivity index is 1.80. The maximum atomic E-state index is 13.1. The van der Waals surface area contributed by atoms with Crippen molar-refractivity contribution in [2.75, 3.05) is 6.54 Å². The molecular weight excluding hydrogens is 376 g/mol. The minimum Gasteiger partial charge on any atom is -0.480 e. The largest absolute Gasteiger partial charge is 0.480 e. The number of fused-ring (bicyclic) bond motifs is 2. The number of nitrogens with zero attached hydrogens (tertiary/aromatic N) is 1. The van der Waals surface area contributed by atoms with Gasteiger partial charge in [0.05, 0.1) is 11.7 Å². The second kappa shape index (κ2) is 6.88. The molecule has 4 aromatic rings. The standard InChI is InChI=1S/C25H20N2O3/c1-15-10-12-16(13-11-15)23-22(19-8-4-5-9-20(19)26-23)24-17-6-2-3-7-18(17)25(30)27(24)14-21(28)29/h2-13,24,26H,14H2,1H3,(H,28,29). The summed E-state index contributed by atoms with van der Waals surface area (Å²) in [6.45, 7) is 1.68. The summed E-state index contributed by atoms with van der Waals surface area (Å²) in [4.78, 5) is 29.7. The number of hydrogen-bond acceptors (Lipinski definition) is 2. The van der Waals surface area contributed by atoms with Gasteiger partial charge in [-0.05, 0) is 30.2 Å². The first-order valence-corrected chi connectivity index (χ1v) is 9.84. The molecule has 5 nitrogen and oxygen atoms in total. The number of nitrogens with one attached hydrogen (secondary N) is 1. The van der Waals surface area contributed by atoms with E-state index in [1.165, 1.54) is 4.90 Å². The molecule has 3 aromatic carbocycles. The van der Waals surface area contributed by atoms with Crippen LogP contribution in [-0.4, -0.2) is 33.4 Å². The van der Waals surface area contributed by atoms with Crippen LogP contribution >= 0.6 is 0 Å². The number of carboxylic acid groups (broad SMARTS) is 1. The van der Waals surface area contributed by atoms with Gasteiger partial charge >= 0.3 is 5.97 Å². The molecular formula is C25H20N2O3. The fourth-order valence-electron chi connectivity index (χ4n) is 4.39. The van der Waals surface area contributed by atoms with Crippen molar-refractivity contribution in [2.45, 2.75) is 13.0 Å². The third-order valence-corrected chi connectivity index (χ3v) is 5.72. The molecule has 1 amide bonds. The Bertz CT molecular complexity index is 1290. The molecule has 2 heterocycles. The predicted octanol–water partition coefficient (Wildman–Crippen LogP) is 4.77. The number of benzene rings is 3. The highest BCUT2D eigenvalue weighted by molar-refractivity contribution is 6.03. The summed E-state index contributed by atoms with van der Waals surface area (Å²) in [6, 6.07) is 23.1. The third-order valence-electron chi connectivity index (χ3n) is 5.72. The van der Waals surface area contributed by atoms with Gasteiger partial charge in [0, 0.05) is 22.0 Å². The summed E-state index contributed by atoms with van der Waals surface area (Å²) >= 11 is 0. The first-order chi connectivity index (χ1) is 14.5. The van der Waals surface area contributed by atoms with Crippen molar-refractivity contribution in [3.05, 3.63) is 95.1 Å². The van der Waals surface area contributed by atoms with Gasteiger partial charge in [0.25, 0.3) is 5.91 Å². The van der Waals surface area contributed by atoms with Gasteiger partial charge in [0.1, 0.15) is 6.54 Å². The summed E-state index contributed by atoms with van der Waals surface area (Å²) in [7, 11) is 0. The molecule has 30 heavy (non-hydrogen) atoms. The lowest BCUT2D eigenvalue weighted by molar-refractivity contribution is -0.138. The van der Waals surface area contributed by atoms with Gasteiger partial charge in [-0.15, -0.1) is 0 Å². The molecule has 5 heteroatoms. The van der Waals surface area contributed by atoms with E-state index in [0.29, 0.717) is 5.56 Å². The number of carbonyl (C=O) groups is 2. The zero-order valence-corrected chi connectivity index (χ0v) is 16.4. The van der Waals surface area contributed by atoms with E-state index in [2.05, 4.69) is 4.98 Å². The van der Waals surface area contributed by atoms with Gasteiger partial charge in [-0.3, -0.25) is 9.59 Å². The van der Waals surface area contributed by atoms with Crippen LogP contribution in [0.3, 0.4) is 0 Å².